The fourth-order valence-corrected chi connectivity index (χ4v) is 3.25. The third kappa shape index (κ3) is 7.67. The summed E-state index contributed by atoms with van der Waals surface area (Å²) in [5.74, 6) is 1.31. The Balaban J connectivity index is 2.10. The van der Waals surface area contributed by atoms with Crippen LogP contribution in [0.25, 0.3) is 0 Å². The number of nitrogens with zero attached hydrogens (tertiary/aromatic N) is 2. The van der Waals surface area contributed by atoms with Crippen LogP contribution in [0.15, 0.2) is 46.9 Å². The third-order valence-electron chi connectivity index (χ3n) is 4.92. The molecular formula is C24H34N2O4. The van der Waals surface area contributed by atoms with E-state index in [0.717, 1.165) is 17.9 Å². The topological polar surface area (TPSA) is 63.0 Å². The van der Waals surface area contributed by atoms with Gasteiger partial charge in [0.1, 0.15) is 11.5 Å². The molecule has 2 aromatic rings. The Hall–Kier alpha value is -2.60. The molecule has 30 heavy (non-hydrogen) atoms. The van der Waals surface area contributed by atoms with Crippen LogP contribution in [0.1, 0.15) is 37.4 Å². The first-order chi connectivity index (χ1) is 14.4. The molecule has 0 bridgehead atoms. The molecule has 0 unspecified atom stereocenters. The second-order valence-corrected chi connectivity index (χ2v) is 7.82. The molecule has 0 radical (unpaired) electrons. The fraction of sp³-hybridized carbons (Fsp3) is 0.500. The van der Waals surface area contributed by atoms with Crippen LogP contribution in [0.2, 0.25) is 0 Å². The highest BCUT2D eigenvalue weighted by Crippen LogP contribution is 2.12. The lowest BCUT2D eigenvalue weighted by Crippen LogP contribution is -2.45. The molecule has 0 saturated carbocycles. The van der Waals surface area contributed by atoms with Crippen molar-refractivity contribution >= 4 is 11.8 Å². The van der Waals surface area contributed by atoms with E-state index in [4.69, 9.17) is 9.15 Å². The smallest absolute Gasteiger partial charge is 0.242 e. The van der Waals surface area contributed by atoms with Crippen LogP contribution in [0.4, 0.5) is 0 Å². The predicted octanol–water partition coefficient (Wildman–Crippen LogP) is 3.68. The molecule has 164 valence electrons. The Bertz CT molecular complexity index is 786. The molecule has 0 saturated heterocycles. The minimum absolute atomic E-state index is 0.0173. The van der Waals surface area contributed by atoms with Crippen molar-refractivity contribution in [3.8, 4) is 0 Å². The number of amides is 2. The van der Waals surface area contributed by atoms with E-state index in [0.29, 0.717) is 32.7 Å². The molecule has 1 heterocycles. The van der Waals surface area contributed by atoms with Crippen molar-refractivity contribution in [1.82, 2.24) is 9.80 Å². The number of hydrogen-bond donors (Lipinski definition) is 0. The summed E-state index contributed by atoms with van der Waals surface area (Å²) in [4.78, 5) is 29.3. The highest BCUT2D eigenvalue weighted by Gasteiger charge is 2.23. The van der Waals surface area contributed by atoms with Gasteiger partial charge in [0.25, 0.3) is 0 Å². The Morgan fingerprint density at radius 2 is 1.77 bits per heavy atom. The zero-order chi connectivity index (χ0) is 21.9. The minimum atomic E-state index is -0.161. The lowest BCUT2D eigenvalue weighted by atomic mass is 10.1. The van der Waals surface area contributed by atoms with Gasteiger partial charge in [-0.1, -0.05) is 44.2 Å². The van der Waals surface area contributed by atoms with Gasteiger partial charge < -0.3 is 19.0 Å². The fourth-order valence-electron chi connectivity index (χ4n) is 3.25. The van der Waals surface area contributed by atoms with Gasteiger partial charge in [0.15, 0.2) is 0 Å². The van der Waals surface area contributed by atoms with Gasteiger partial charge in [-0.15, -0.1) is 0 Å². The molecular weight excluding hydrogens is 380 g/mol. The Morgan fingerprint density at radius 3 is 2.37 bits per heavy atom. The van der Waals surface area contributed by atoms with Crippen LogP contribution >= 0.6 is 0 Å². The van der Waals surface area contributed by atoms with E-state index in [1.165, 1.54) is 5.56 Å². The Morgan fingerprint density at radius 1 is 1.03 bits per heavy atom. The first-order valence-electron chi connectivity index (χ1n) is 10.6. The maximum Gasteiger partial charge on any atom is 0.242 e. The predicted molar refractivity (Wildman–Crippen MR) is 117 cm³/mol. The van der Waals surface area contributed by atoms with Crippen LogP contribution < -0.4 is 0 Å². The van der Waals surface area contributed by atoms with Gasteiger partial charge in [-0.05, 0) is 37.5 Å². The largest absolute Gasteiger partial charge is 0.464 e. The quantitative estimate of drug-likeness (QED) is 0.497. The number of aryl methyl sites for hydroxylation is 1. The molecule has 0 aliphatic rings. The van der Waals surface area contributed by atoms with Gasteiger partial charge in [-0.2, -0.15) is 0 Å². The summed E-state index contributed by atoms with van der Waals surface area (Å²) in [5.41, 5.74) is 1.17. The number of hydrogen-bond acceptors (Lipinski definition) is 4. The number of rotatable bonds is 12. The van der Waals surface area contributed by atoms with Gasteiger partial charge in [0.05, 0.1) is 13.1 Å². The van der Waals surface area contributed by atoms with Gasteiger partial charge in [-0.25, -0.2) is 0 Å². The highest BCUT2D eigenvalue weighted by atomic mass is 16.5. The summed E-state index contributed by atoms with van der Waals surface area (Å²) in [6.45, 7) is 7.67. The molecule has 1 aromatic heterocycles. The molecule has 0 aliphatic heterocycles. The van der Waals surface area contributed by atoms with Crippen LogP contribution in [0.5, 0.6) is 0 Å². The first-order valence-corrected chi connectivity index (χ1v) is 10.6. The maximum atomic E-state index is 13.2. The lowest BCUT2D eigenvalue weighted by Gasteiger charge is -2.28. The molecule has 0 aliphatic carbocycles. The second kappa shape index (κ2) is 12.2. The van der Waals surface area contributed by atoms with Crippen molar-refractivity contribution in [2.75, 3.05) is 33.4 Å². The molecule has 6 heteroatoms. The average molecular weight is 415 g/mol. The van der Waals surface area contributed by atoms with Crippen molar-refractivity contribution < 1.29 is 18.7 Å². The lowest BCUT2D eigenvalue weighted by molar-refractivity contribution is -0.143. The van der Waals surface area contributed by atoms with Gasteiger partial charge in [0, 0.05) is 32.7 Å². The van der Waals surface area contributed by atoms with E-state index in [1.54, 1.807) is 16.9 Å². The molecule has 0 atom stereocenters. The molecule has 0 N–H and O–H groups in total. The number of carbonyl (C=O) groups excluding carboxylic acids is 2. The number of methoxy groups -OCH3 is 1. The summed E-state index contributed by atoms with van der Waals surface area (Å²) < 4.78 is 10.8. The highest BCUT2D eigenvalue weighted by molar-refractivity contribution is 5.85. The van der Waals surface area contributed by atoms with Crippen molar-refractivity contribution in [3.05, 3.63) is 59.5 Å². The summed E-state index contributed by atoms with van der Waals surface area (Å²) in [6.07, 6.45) is 1.44. The van der Waals surface area contributed by atoms with E-state index in [-0.39, 0.29) is 24.3 Å². The second-order valence-electron chi connectivity index (χ2n) is 7.82. The minimum Gasteiger partial charge on any atom is -0.464 e. The van der Waals surface area contributed by atoms with Crippen LogP contribution in [0, 0.1) is 12.8 Å². The van der Waals surface area contributed by atoms with Crippen LogP contribution in [-0.4, -0.2) is 55.0 Å². The number of benzene rings is 1. The van der Waals surface area contributed by atoms with Gasteiger partial charge >= 0.3 is 0 Å². The molecule has 6 nitrogen and oxygen atoms in total. The normalized spacial score (nSPS) is 11.0. The van der Waals surface area contributed by atoms with Crippen LogP contribution in [0.3, 0.4) is 0 Å². The zero-order valence-corrected chi connectivity index (χ0v) is 18.6. The van der Waals surface area contributed by atoms with E-state index < -0.39 is 0 Å². The van der Waals surface area contributed by atoms with Crippen molar-refractivity contribution in [1.29, 1.82) is 0 Å². The molecule has 1 aromatic carbocycles. The summed E-state index contributed by atoms with van der Waals surface area (Å²) in [6, 6.07) is 13.9. The number of ether oxygens (including phenoxy) is 1. The van der Waals surface area contributed by atoms with Crippen LogP contribution in [-0.2, 0) is 27.3 Å². The maximum absolute atomic E-state index is 13.2. The van der Waals surface area contributed by atoms with Crippen molar-refractivity contribution in [3.63, 3.8) is 0 Å². The summed E-state index contributed by atoms with van der Waals surface area (Å²) in [7, 11) is 1.64. The van der Waals surface area contributed by atoms with Gasteiger partial charge in [0.2, 0.25) is 11.8 Å². The Kier molecular flexibility index (Phi) is 9.61. The molecule has 0 fully saturated rings. The summed E-state index contributed by atoms with van der Waals surface area (Å²) >= 11 is 0. The SMILES string of the molecule is COCCCN(CC(=O)N(CCc1ccccc1)Cc1ccc(C)o1)C(=O)C(C)C. The van der Waals surface area contributed by atoms with E-state index in [1.807, 2.05) is 51.1 Å². The third-order valence-corrected chi connectivity index (χ3v) is 4.92. The molecule has 0 spiro atoms. The molecule has 2 amide bonds. The Labute approximate surface area is 179 Å². The van der Waals surface area contributed by atoms with Gasteiger partial charge in [-0.3, -0.25) is 9.59 Å². The van der Waals surface area contributed by atoms with Crippen molar-refractivity contribution in [2.45, 2.75) is 40.2 Å². The van der Waals surface area contributed by atoms with E-state index >= 15 is 0 Å². The average Bonchev–Trinajstić information content (AvgIpc) is 3.15. The monoisotopic (exact) mass is 414 g/mol. The van der Waals surface area contributed by atoms with Crippen molar-refractivity contribution in [2.24, 2.45) is 5.92 Å². The first kappa shape index (κ1) is 23.7. The zero-order valence-electron chi connectivity index (χ0n) is 18.6. The summed E-state index contributed by atoms with van der Waals surface area (Å²) in [5, 5.41) is 0. The standard InChI is InChI=1S/C24H34N2O4/c1-19(2)24(28)26(14-8-16-29-4)18-23(27)25(17-22-12-11-20(3)30-22)15-13-21-9-6-5-7-10-21/h5-7,9-12,19H,8,13-18H2,1-4H3. The molecule has 2 rings (SSSR count). The van der Waals surface area contributed by atoms with E-state index in [9.17, 15) is 9.59 Å². The number of furan rings is 1. The number of carbonyl (C=O) groups is 2. The van der Waals surface area contributed by atoms with E-state index in [2.05, 4.69) is 12.1 Å².